The number of carbonyl (C=O) groups excluding carboxylic acids is 2. The lowest BCUT2D eigenvalue weighted by molar-refractivity contribution is -0.150. The molecule has 0 aromatic carbocycles. The lowest BCUT2D eigenvalue weighted by Crippen LogP contribution is -2.70. The van der Waals surface area contributed by atoms with Crippen molar-refractivity contribution in [2.24, 2.45) is 0 Å². The smallest absolute Gasteiger partial charge is 0.352 e. The van der Waals surface area contributed by atoms with Crippen molar-refractivity contribution in [2.75, 3.05) is 11.1 Å². The third kappa shape index (κ3) is 3.05. The summed E-state index contributed by atoms with van der Waals surface area (Å²) in [7, 11) is 0. The number of carboxylic acid groups (broad SMARTS) is 1. The number of β-lactam (4-membered cyclic amide) rings is 1. The van der Waals surface area contributed by atoms with Crippen LogP contribution in [0.15, 0.2) is 28.8 Å². The fourth-order valence-electron chi connectivity index (χ4n) is 2.58. The Hall–Kier alpha value is -1.32. The molecule has 0 bridgehead atoms. The van der Waals surface area contributed by atoms with Crippen LogP contribution >= 0.6 is 39.0 Å². The molecule has 1 unspecified atom stereocenters. The van der Waals surface area contributed by atoms with Crippen LogP contribution < -0.4 is 5.32 Å². The number of alkyl halides is 1. The summed E-state index contributed by atoms with van der Waals surface area (Å²) >= 11 is 6.21. The molecule has 2 aliphatic heterocycles. The molecule has 0 saturated carbocycles. The van der Waals surface area contributed by atoms with Gasteiger partial charge in [0.15, 0.2) is 0 Å². The van der Waals surface area contributed by atoms with Crippen LogP contribution in [0.1, 0.15) is 4.88 Å². The molecule has 2 aliphatic rings. The van der Waals surface area contributed by atoms with Crippen LogP contribution in [0.4, 0.5) is 0 Å². The number of nitrogens with zero attached hydrogens (tertiary/aromatic N) is 1. The van der Waals surface area contributed by atoms with Crippen molar-refractivity contribution >= 4 is 56.8 Å². The van der Waals surface area contributed by atoms with Gasteiger partial charge in [-0.2, -0.15) is 0 Å². The SMILES string of the molecule is O=C(Cc1cccs1)NC1C(=O)N2C(C(=O)O)=C(CBr)CS[C@@H]12. The fraction of sp³-hybridized carbons (Fsp3) is 0.357. The van der Waals surface area contributed by atoms with Crippen molar-refractivity contribution in [1.82, 2.24) is 10.2 Å². The number of hydrogen-bond donors (Lipinski definition) is 2. The zero-order valence-corrected chi connectivity index (χ0v) is 15.0. The molecule has 2 N–H and O–H groups in total. The number of fused-ring (bicyclic) bond motifs is 1. The van der Waals surface area contributed by atoms with Gasteiger partial charge in [0.1, 0.15) is 17.1 Å². The highest BCUT2D eigenvalue weighted by Gasteiger charge is 2.53. The number of hydrogen-bond acceptors (Lipinski definition) is 5. The van der Waals surface area contributed by atoms with Crippen molar-refractivity contribution in [3.8, 4) is 0 Å². The van der Waals surface area contributed by atoms with Gasteiger partial charge in [0.25, 0.3) is 5.91 Å². The molecule has 1 aromatic rings. The van der Waals surface area contributed by atoms with Crippen LogP contribution in [0, 0.1) is 0 Å². The highest BCUT2D eigenvalue weighted by molar-refractivity contribution is 9.09. The van der Waals surface area contributed by atoms with Gasteiger partial charge in [0, 0.05) is 16.0 Å². The average molecular weight is 417 g/mol. The molecule has 2 amide bonds. The first kappa shape index (κ1) is 16.5. The van der Waals surface area contributed by atoms with Gasteiger partial charge in [-0.1, -0.05) is 22.0 Å². The number of thioether (sulfide) groups is 1. The van der Waals surface area contributed by atoms with Gasteiger partial charge < -0.3 is 10.4 Å². The third-order valence-corrected chi connectivity index (χ3v) is 6.54. The second-order valence-corrected chi connectivity index (χ2v) is 7.80. The molecule has 2 atom stereocenters. The van der Waals surface area contributed by atoms with E-state index in [1.807, 2.05) is 17.5 Å². The van der Waals surface area contributed by atoms with Crippen molar-refractivity contribution in [1.29, 1.82) is 0 Å². The first-order chi connectivity index (χ1) is 11.0. The molecule has 1 fully saturated rings. The molecule has 3 heterocycles. The molecule has 23 heavy (non-hydrogen) atoms. The summed E-state index contributed by atoms with van der Waals surface area (Å²) in [6.45, 7) is 0. The Balaban J connectivity index is 1.69. The average Bonchev–Trinajstić information content (AvgIpc) is 3.03. The molecule has 0 spiro atoms. The van der Waals surface area contributed by atoms with Crippen LogP contribution in [0.25, 0.3) is 0 Å². The predicted octanol–water partition coefficient (Wildman–Crippen LogP) is 1.42. The standard InChI is InChI=1S/C14H13BrN2O4S2/c15-5-7-6-23-13-10(12(19)17(13)11(7)14(20)21)16-9(18)4-8-2-1-3-22-8/h1-3,10,13H,4-6H2,(H,16,18)(H,20,21)/t10?,13-/m0/s1. The van der Waals surface area contributed by atoms with Gasteiger partial charge in [-0.3, -0.25) is 14.5 Å². The van der Waals surface area contributed by atoms with Gasteiger partial charge >= 0.3 is 5.97 Å². The minimum atomic E-state index is -1.11. The second-order valence-electron chi connectivity index (χ2n) is 5.10. The largest absolute Gasteiger partial charge is 0.477 e. The number of carbonyl (C=O) groups is 3. The Kier molecular flexibility index (Phi) is 4.79. The van der Waals surface area contributed by atoms with E-state index in [4.69, 9.17) is 0 Å². The fourth-order valence-corrected chi connectivity index (χ4v) is 5.36. The first-order valence-corrected chi connectivity index (χ1v) is 9.85. The minimum Gasteiger partial charge on any atom is -0.477 e. The molecule has 3 rings (SSSR count). The summed E-state index contributed by atoms with van der Waals surface area (Å²) in [5.41, 5.74) is 0.717. The molecular formula is C14H13BrN2O4S2. The van der Waals surface area contributed by atoms with Crippen LogP contribution in [-0.2, 0) is 20.8 Å². The maximum absolute atomic E-state index is 12.3. The summed E-state index contributed by atoms with van der Waals surface area (Å²) < 4.78 is 0. The van der Waals surface area contributed by atoms with E-state index in [1.165, 1.54) is 28.0 Å². The molecule has 0 radical (unpaired) electrons. The molecular weight excluding hydrogens is 404 g/mol. The zero-order valence-electron chi connectivity index (χ0n) is 11.8. The zero-order chi connectivity index (χ0) is 16.6. The second kappa shape index (κ2) is 6.66. The predicted molar refractivity (Wildman–Crippen MR) is 91.5 cm³/mol. The minimum absolute atomic E-state index is 0.0411. The van der Waals surface area contributed by atoms with E-state index in [1.54, 1.807) is 0 Å². The third-order valence-electron chi connectivity index (χ3n) is 3.64. The van der Waals surface area contributed by atoms with E-state index < -0.39 is 12.0 Å². The Bertz CT molecular complexity index is 689. The Morgan fingerprint density at radius 3 is 2.87 bits per heavy atom. The molecule has 122 valence electrons. The lowest BCUT2D eigenvalue weighted by Gasteiger charge is -2.49. The van der Waals surface area contributed by atoms with Gasteiger partial charge in [-0.25, -0.2) is 4.79 Å². The maximum Gasteiger partial charge on any atom is 0.352 e. The van der Waals surface area contributed by atoms with Gasteiger partial charge in [-0.15, -0.1) is 23.1 Å². The number of amides is 2. The summed E-state index contributed by atoms with van der Waals surface area (Å²) in [5.74, 6) is -1.17. The number of carboxylic acids is 1. The Morgan fingerprint density at radius 1 is 1.48 bits per heavy atom. The van der Waals surface area contributed by atoms with Crippen LogP contribution in [0.5, 0.6) is 0 Å². The Morgan fingerprint density at radius 2 is 2.26 bits per heavy atom. The molecule has 9 heteroatoms. The molecule has 6 nitrogen and oxygen atoms in total. The highest BCUT2D eigenvalue weighted by Crippen LogP contribution is 2.40. The normalized spacial score (nSPS) is 23.3. The van der Waals surface area contributed by atoms with Crippen LogP contribution in [0.3, 0.4) is 0 Å². The maximum atomic E-state index is 12.3. The van der Waals surface area contributed by atoms with E-state index in [0.717, 1.165) is 4.88 Å². The molecule has 1 aromatic heterocycles. The van der Waals surface area contributed by atoms with E-state index in [0.29, 0.717) is 16.7 Å². The number of halogens is 1. The highest BCUT2D eigenvalue weighted by atomic mass is 79.9. The van der Waals surface area contributed by atoms with E-state index in [-0.39, 0.29) is 29.3 Å². The van der Waals surface area contributed by atoms with Gasteiger partial charge in [0.2, 0.25) is 5.91 Å². The quantitative estimate of drug-likeness (QED) is 0.559. The van der Waals surface area contributed by atoms with Crippen LogP contribution in [-0.4, -0.2) is 50.3 Å². The summed E-state index contributed by atoms with van der Waals surface area (Å²) in [4.78, 5) is 38.0. The van der Waals surface area contributed by atoms with Crippen molar-refractivity contribution < 1.29 is 19.5 Å². The van der Waals surface area contributed by atoms with Crippen molar-refractivity contribution in [3.63, 3.8) is 0 Å². The molecule has 1 saturated heterocycles. The van der Waals surface area contributed by atoms with Crippen LogP contribution in [0.2, 0.25) is 0 Å². The summed E-state index contributed by atoms with van der Waals surface area (Å²) in [6.07, 6.45) is 0.229. The summed E-state index contributed by atoms with van der Waals surface area (Å²) in [5, 5.41) is 14.0. The Labute approximate surface area is 149 Å². The van der Waals surface area contributed by atoms with Crippen molar-refractivity contribution in [2.45, 2.75) is 17.8 Å². The van der Waals surface area contributed by atoms with Gasteiger partial charge in [0.05, 0.1) is 6.42 Å². The number of aliphatic carboxylic acids is 1. The van der Waals surface area contributed by atoms with Gasteiger partial charge in [-0.05, 0) is 17.0 Å². The van der Waals surface area contributed by atoms with E-state index in [9.17, 15) is 19.5 Å². The monoisotopic (exact) mass is 416 g/mol. The van der Waals surface area contributed by atoms with Crippen molar-refractivity contribution in [3.05, 3.63) is 33.7 Å². The lowest BCUT2D eigenvalue weighted by atomic mass is 10.0. The molecule has 0 aliphatic carbocycles. The summed E-state index contributed by atoms with van der Waals surface area (Å²) in [6, 6.07) is 3.08. The topological polar surface area (TPSA) is 86.7 Å². The van der Waals surface area contributed by atoms with E-state index in [2.05, 4.69) is 21.2 Å². The number of nitrogens with one attached hydrogen (secondary N) is 1. The van der Waals surface area contributed by atoms with E-state index >= 15 is 0 Å². The number of thiophene rings is 1. The first-order valence-electron chi connectivity index (χ1n) is 6.80. The number of rotatable bonds is 5.